The van der Waals surface area contributed by atoms with Gasteiger partial charge in [0, 0.05) is 7.05 Å². The van der Waals surface area contributed by atoms with E-state index in [1.165, 1.54) is 18.7 Å². The van der Waals surface area contributed by atoms with Gasteiger partial charge >= 0.3 is 0 Å². The van der Waals surface area contributed by atoms with Crippen LogP contribution in [-0.2, 0) is 4.79 Å². The van der Waals surface area contributed by atoms with Crippen LogP contribution in [0.4, 0.5) is 14.6 Å². The average molecular weight is 294 g/mol. The Kier molecular flexibility index (Phi) is 4.12. The zero-order valence-corrected chi connectivity index (χ0v) is 12.1. The van der Waals surface area contributed by atoms with Gasteiger partial charge in [-0.05, 0) is 31.9 Å². The molecule has 0 aliphatic carbocycles. The van der Waals surface area contributed by atoms with Gasteiger partial charge in [0.2, 0.25) is 5.91 Å². The van der Waals surface area contributed by atoms with Crippen molar-refractivity contribution in [2.45, 2.75) is 26.7 Å². The SMILES string of the molecule is CN1C(=O)CCOc2ccc(C#CC(C)(C)C(F)F)nc21. The molecule has 2 heterocycles. The zero-order valence-electron chi connectivity index (χ0n) is 12.1. The highest BCUT2D eigenvalue weighted by atomic mass is 19.3. The van der Waals surface area contributed by atoms with E-state index >= 15 is 0 Å². The van der Waals surface area contributed by atoms with Gasteiger partial charge in [-0.2, -0.15) is 0 Å². The van der Waals surface area contributed by atoms with E-state index in [0.29, 0.717) is 23.9 Å². The molecular formula is C15H16F2N2O2. The van der Waals surface area contributed by atoms with E-state index in [4.69, 9.17) is 4.74 Å². The second kappa shape index (κ2) is 5.68. The highest BCUT2D eigenvalue weighted by Crippen LogP contribution is 2.28. The number of anilines is 1. The maximum absolute atomic E-state index is 12.8. The summed E-state index contributed by atoms with van der Waals surface area (Å²) in [5.74, 6) is 5.89. The number of aromatic nitrogens is 1. The van der Waals surface area contributed by atoms with Crippen molar-refractivity contribution in [1.82, 2.24) is 4.98 Å². The monoisotopic (exact) mass is 294 g/mol. The Morgan fingerprint density at radius 3 is 2.81 bits per heavy atom. The van der Waals surface area contributed by atoms with E-state index in [2.05, 4.69) is 16.8 Å². The third kappa shape index (κ3) is 3.30. The minimum Gasteiger partial charge on any atom is -0.489 e. The summed E-state index contributed by atoms with van der Waals surface area (Å²) >= 11 is 0. The van der Waals surface area contributed by atoms with Crippen LogP contribution in [0.25, 0.3) is 0 Å². The van der Waals surface area contributed by atoms with Crippen LogP contribution in [0.3, 0.4) is 0 Å². The Morgan fingerprint density at radius 2 is 2.14 bits per heavy atom. The van der Waals surface area contributed by atoms with Gasteiger partial charge in [0.1, 0.15) is 5.69 Å². The molecule has 0 unspecified atom stereocenters. The summed E-state index contributed by atoms with van der Waals surface area (Å²) in [7, 11) is 1.60. The van der Waals surface area contributed by atoms with Crippen LogP contribution in [-0.4, -0.2) is 31.0 Å². The number of alkyl halides is 2. The van der Waals surface area contributed by atoms with Crippen molar-refractivity contribution in [3.05, 3.63) is 17.8 Å². The molecule has 0 bridgehead atoms. The molecule has 0 saturated carbocycles. The van der Waals surface area contributed by atoms with Gasteiger partial charge in [0.25, 0.3) is 6.43 Å². The van der Waals surface area contributed by atoms with E-state index < -0.39 is 11.8 Å². The van der Waals surface area contributed by atoms with Gasteiger partial charge in [-0.15, -0.1) is 0 Å². The van der Waals surface area contributed by atoms with Crippen molar-refractivity contribution in [2.75, 3.05) is 18.6 Å². The second-order valence-electron chi connectivity index (χ2n) is 5.34. The largest absolute Gasteiger partial charge is 0.489 e. The van der Waals surface area contributed by atoms with Gasteiger partial charge in [0.15, 0.2) is 11.6 Å². The maximum Gasteiger partial charge on any atom is 0.254 e. The highest BCUT2D eigenvalue weighted by molar-refractivity contribution is 5.93. The molecule has 1 aliphatic heterocycles. The van der Waals surface area contributed by atoms with E-state index in [0.717, 1.165) is 0 Å². The quantitative estimate of drug-likeness (QED) is 0.747. The molecule has 1 aromatic rings. The molecule has 112 valence electrons. The Balaban J connectivity index is 2.35. The van der Waals surface area contributed by atoms with Crippen LogP contribution in [0.15, 0.2) is 12.1 Å². The predicted molar refractivity (Wildman–Crippen MR) is 74.4 cm³/mol. The molecule has 2 rings (SSSR count). The lowest BCUT2D eigenvalue weighted by molar-refractivity contribution is -0.118. The number of halogens is 2. The lowest BCUT2D eigenvalue weighted by atomic mass is 9.95. The summed E-state index contributed by atoms with van der Waals surface area (Å²) in [6, 6.07) is 3.24. The molecule has 0 spiro atoms. The molecule has 1 aromatic heterocycles. The fourth-order valence-corrected chi connectivity index (χ4v) is 1.67. The summed E-state index contributed by atoms with van der Waals surface area (Å²) < 4.78 is 31.0. The molecule has 0 fully saturated rings. The molecule has 0 atom stereocenters. The molecule has 21 heavy (non-hydrogen) atoms. The molecule has 4 nitrogen and oxygen atoms in total. The number of nitrogens with zero attached hydrogens (tertiary/aromatic N) is 2. The van der Waals surface area contributed by atoms with Gasteiger partial charge < -0.3 is 4.74 Å². The zero-order chi connectivity index (χ0) is 15.6. The van der Waals surface area contributed by atoms with Crippen LogP contribution in [0.2, 0.25) is 0 Å². The lowest BCUT2D eigenvalue weighted by Gasteiger charge is -2.16. The molecule has 6 heteroatoms. The van der Waals surface area contributed by atoms with Gasteiger partial charge in [-0.25, -0.2) is 13.8 Å². The van der Waals surface area contributed by atoms with Crippen molar-refractivity contribution < 1.29 is 18.3 Å². The Bertz CT molecular complexity index is 618. The van der Waals surface area contributed by atoms with Crippen molar-refractivity contribution in [3.63, 3.8) is 0 Å². The number of rotatable bonds is 1. The number of ether oxygens (including phenoxy) is 1. The molecule has 1 aliphatic rings. The van der Waals surface area contributed by atoms with Crippen LogP contribution >= 0.6 is 0 Å². The number of hydrogen-bond acceptors (Lipinski definition) is 3. The van der Waals surface area contributed by atoms with Crippen molar-refractivity contribution in [1.29, 1.82) is 0 Å². The summed E-state index contributed by atoms with van der Waals surface area (Å²) in [5.41, 5.74) is -1.08. The first-order chi connectivity index (χ1) is 9.81. The van der Waals surface area contributed by atoms with Crippen LogP contribution in [0.1, 0.15) is 26.0 Å². The van der Waals surface area contributed by atoms with E-state index in [1.54, 1.807) is 19.2 Å². The maximum atomic E-state index is 12.8. The first-order valence-corrected chi connectivity index (χ1v) is 6.53. The topological polar surface area (TPSA) is 42.4 Å². The molecule has 0 N–H and O–H groups in total. The molecule has 1 amide bonds. The predicted octanol–water partition coefficient (Wildman–Crippen LogP) is 2.47. The first-order valence-electron chi connectivity index (χ1n) is 6.53. The third-order valence-electron chi connectivity index (χ3n) is 3.16. The Labute approximate surface area is 122 Å². The average Bonchev–Trinajstić information content (AvgIpc) is 2.57. The standard InChI is InChI=1S/C15H16F2N2O2/c1-15(2,14(16)17)8-6-10-4-5-11-13(18-10)19(3)12(20)7-9-21-11/h4-5,14H,7,9H2,1-3H3. The number of fused-ring (bicyclic) bond motifs is 1. The van der Waals surface area contributed by atoms with Crippen molar-refractivity contribution in [3.8, 4) is 17.6 Å². The third-order valence-corrected chi connectivity index (χ3v) is 3.16. The lowest BCUT2D eigenvalue weighted by Crippen LogP contribution is -2.26. The second-order valence-corrected chi connectivity index (χ2v) is 5.34. The molecule has 0 aromatic carbocycles. The number of carbonyl (C=O) groups is 1. The number of carbonyl (C=O) groups excluding carboxylic acids is 1. The Morgan fingerprint density at radius 1 is 1.43 bits per heavy atom. The highest BCUT2D eigenvalue weighted by Gasteiger charge is 2.27. The fraction of sp³-hybridized carbons (Fsp3) is 0.467. The van der Waals surface area contributed by atoms with Gasteiger partial charge in [-0.3, -0.25) is 9.69 Å². The van der Waals surface area contributed by atoms with Crippen LogP contribution in [0.5, 0.6) is 5.75 Å². The van der Waals surface area contributed by atoms with Crippen LogP contribution in [0, 0.1) is 17.3 Å². The van der Waals surface area contributed by atoms with Crippen molar-refractivity contribution >= 4 is 11.7 Å². The number of amides is 1. The summed E-state index contributed by atoms with van der Waals surface area (Å²) in [6.07, 6.45) is -2.27. The normalized spacial score (nSPS) is 15.0. The van der Waals surface area contributed by atoms with E-state index in [9.17, 15) is 13.6 Å². The van der Waals surface area contributed by atoms with Crippen LogP contribution < -0.4 is 9.64 Å². The summed E-state index contributed by atoms with van der Waals surface area (Å²) in [6.45, 7) is 3.03. The smallest absolute Gasteiger partial charge is 0.254 e. The summed E-state index contributed by atoms with van der Waals surface area (Å²) in [4.78, 5) is 17.4. The minimum absolute atomic E-state index is 0.112. The summed E-state index contributed by atoms with van der Waals surface area (Å²) in [5, 5.41) is 0. The van der Waals surface area contributed by atoms with Gasteiger partial charge in [0.05, 0.1) is 18.4 Å². The molecule has 0 saturated heterocycles. The van der Waals surface area contributed by atoms with Gasteiger partial charge in [-0.1, -0.05) is 5.92 Å². The number of pyridine rings is 1. The molecular weight excluding hydrogens is 278 g/mol. The molecule has 0 radical (unpaired) electrons. The van der Waals surface area contributed by atoms with E-state index in [1.807, 2.05) is 0 Å². The first kappa shape index (κ1) is 15.2. The van der Waals surface area contributed by atoms with E-state index in [-0.39, 0.29) is 12.3 Å². The number of hydrogen-bond donors (Lipinski definition) is 0. The fourth-order valence-electron chi connectivity index (χ4n) is 1.67. The van der Waals surface area contributed by atoms with Crippen molar-refractivity contribution in [2.24, 2.45) is 5.41 Å². The Hall–Kier alpha value is -2.16. The minimum atomic E-state index is -2.54.